The average molecular weight is 522 g/mol. The molecule has 0 amide bonds. The minimum absolute atomic E-state index is 0.192. The maximum absolute atomic E-state index is 13.8. The van der Waals surface area contributed by atoms with Crippen molar-refractivity contribution >= 4 is 48.6 Å². The number of fused-ring (bicyclic) bond motifs is 3. The predicted octanol–water partition coefficient (Wildman–Crippen LogP) is 11.0. The van der Waals surface area contributed by atoms with Crippen LogP contribution in [0.3, 0.4) is 0 Å². The van der Waals surface area contributed by atoms with Crippen molar-refractivity contribution in [2.75, 3.05) is 4.90 Å². The van der Waals surface area contributed by atoms with E-state index in [1.54, 1.807) is 17.4 Å². The van der Waals surface area contributed by atoms with Crippen molar-refractivity contribution in [1.82, 2.24) is 0 Å². The van der Waals surface area contributed by atoms with E-state index in [1.807, 2.05) is 18.2 Å². The number of rotatable bonds is 5. The fourth-order valence-corrected chi connectivity index (χ4v) is 6.36. The van der Waals surface area contributed by atoms with Gasteiger partial charge in [-0.3, -0.25) is 0 Å². The second-order valence-electron chi connectivity index (χ2n) is 9.58. The summed E-state index contributed by atoms with van der Waals surface area (Å²) in [4.78, 5) is 2.28. The van der Waals surface area contributed by atoms with Crippen molar-refractivity contribution in [3.05, 3.63) is 151 Å². The molecule has 0 fully saturated rings. The molecule has 7 aromatic rings. The summed E-state index contributed by atoms with van der Waals surface area (Å²) in [6.45, 7) is 0. The maximum atomic E-state index is 13.8. The first kappa shape index (κ1) is 23.4. The molecule has 0 aliphatic rings. The summed E-state index contributed by atoms with van der Waals surface area (Å²) >= 11 is 1.64. The van der Waals surface area contributed by atoms with Crippen molar-refractivity contribution in [2.24, 2.45) is 0 Å². The molecular weight excluding hydrogens is 497 g/mol. The van der Waals surface area contributed by atoms with Crippen LogP contribution in [-0.2, 0) is 0 Å². The van der Waals surface area contributed by atoms with Gasteiger partial charge in [0.2, 0.25) is 0 Å². The van der Waals surface area contributed by atoms with Gasteiger partial charge in [-0.1, -0.05) is 91.0 Å². The molecule has 0 spiro atoms. The highest BCUT2D eigenvalue weighted by Gasteiger charge is 2.13. The van der Waals surface area contributed by atoms with E-state index in [0.717, 1.165) is 38.3 Å². The number of hydrogen-bond donors (Lipinski definition) is 0. The summed E-state index contributed by atoms with van der Waals surface area (Å²) in [5.74, 6) is -0.192. The zero-order chi connectivity index (χ0) is 26.2. The highest BCUT2D eigenvalue weighted by molar-refractivity contribution is 7.25. The minimum atomic E-state index is -0.192. The van der Waals surface area contributed by atoms with E-state index in [0.29, 0.717) is 0 Å². The number of thiophene rings is 1. The lowest BCUT2D eigenvalue weighted by molar-refractivity contribution is 0.630. The van der Waals surface area contributed by atoms with Gasteiger partial charge in [0.05, 0.1) is 0 Å². The third kappa shape index (κ3) is 4.47. The van der Waals surface area contributed by atoms with E-state index in [2.05, 4.69) is 120 Å². The number of anilines is 3. The average Bonchev–Trinajstić information content (AvgIpc) is 3.36. The molecule has 0 saturated carbocycles. The minimum Gasteiger partial charge on any atom is -0.311 e. The Morgan fingerprint density at radius 1 is 0.410 bits per heavy atom. The molecule has 7 rings (SSSR count). The third-order valence-electron chi connectivity index (χ3n) is 7.14. The van der Waals surface area contributed by atoms with Crippen LogP contribution in [0.5, 0.6) is 0 Å². The lowest BCUT2D eigenvalue weighted by atomic mass is 10.0. The molecule has 0 saturated heterocycles. The first-order valence-electron chi connectivity index (χ1n) is 13.0. The second-order valence-corrected chi connectivity index (χ2v) is 10.7. The summed E-state index contributed by atoms with van der Waals surface area (Å²) in [7, 11) is 0. The lowest BCUT2D eigenvalue weighted by Gasteiger charge is -2.26. The predicted molar refractivity (Wildman–Crippen MR) is 165 cm³/mol. The number of hydrogen-bond acceptors (Lipinski definition) is 2. The lowest BCUT2D eigenvalue weighted by Crippen LogP contribution is -2.09. The summed E-state index contributed by atoms with van der Waals surface area (Å²) in [5, 5.41) is 2.28. The first-order valence-corrected chi connectivity index (χ1v) is 13.8. The van der Waals surface area contributed by atoms with Gasteiger partial charge in [-0.15, -0.1) is 11.3 Å². The van der Waals surface area contributed by atoms with Crippen LogP contribution in [-0.4, -0.2) is 0 Å². The number of nitrogens with zero attached hydrogens (tertiary/aromatic N) is 1. The van der Waals surface area contributed by atoms with Crippen molar-refractivity contribution in [2.45, 2.75) is 0 Å². The SMILES string of the molecule is Fc1ccc2c(c1)sc1cc(-c3ccc(N(c4ccccc4)c4ccc(-c5ccccc5)cc4)cc3)ccc12. The fourth-order valence-electron chi connectivity index (χ4n) is 5.19. The van der Waals surface area contributed by atoms with E-state index in [1.165, 1.54) is 27.3 Å². The van der Waals surface area contributed by atoms with Gasteiger partial charge in [0.25, 0.3) is 0 Å². The number of halogens is 1. The molecule has 0 aliphatic heterocycles. The summed E-state index contributed by atoms with van der Waals surface area (Å²) < 4.78 is 15.9. The van der Waals surface area contributed by atoms with Crippen molar-refractivity contribution in [3.63, 3.8) is 0 Å². The topological polar surface area (TPSA) is 3.24 Å². The Morgan fingerprint density at radius 3 is 1.51 bits per heavy atom. The molecule has 0 N–H and O–H groups in total. The molecular formula is C36H24FNS. The van der Waals surface area contributed by atoms with Gasteiger partial charge in [-0.05, 0) is 76.9 Å². The van der Waals surface area contributed by atoms with Gasteiger partial charge < -0.3 is 4.90 Å². The van der Waals surface area contributed by atoms with Crippen LogP contribution in [0.15, 0.2) is 146 Å². The molecule has 1 aromatic heterocycles. The standard InChI is InChI=1S/C36H24FNS/c37-29-16-22-34-33-21-15-28(23-35(33)39-36(34)24-29)27-13-19-32(20-14-27)38(30-9-5-2-6-10-30)31-17-11-26(12-18-31)25-7-3-1-4-8-25/h1-24H. The molecule has 0 radical (unpaired) electrons. The first-order chi connectivity index (χ1) is 19.2. The van der Waals surface area contributed by atoms with E-state index < -0.39 is 0 Å². The Balaban J connectivity index is 1.24. The normalized spacial score (nSPS) is 11.2. The number of para-hydroxylation sites is 1. The van der Waals surface area contributed by atoms with E-state index in [-0.39, 0.29) is 5.82 Å². The van der Waals surface area contributed by atoms with E-state index in [4.69, 9.17) is 0 Å². The monoisotopic (exact) mass is 521 g/mol. The molecule has 186 valence electrons. The van der Waals surface area contributed by atoms with Gasteiger partial charge in [0, 0.05) is 37.2 Å². The zero-order valence-corrected chi connectivity index (χ0v) is 21.9. The van der Waals surface area contributed by atoms with Gasteiger partial charge in [-0.25, -0.2) is 4.39 Å². The molecule has 0 atom stereocenters. The third-order valence-corrected chi connectivity index (χ3v) is 8.26. The smallest absolute Gasteiger partial charge is 0.124 e. The van der Waals surface area contributed by atoms with Gasteiger partial charge in [-0.2, -0.15) is 0 Å². The van der Waals surface area contributed by atoms with E-state index >= 15 is 0 Å². The highest BCUT2D eigenvalue weighted by atomic mass is 32.1. The largest absolute Gasteiger partial charge is 0.311 e. The molecule has 1 heterocycles. The highest BCUT2D eigenvalue weighted by Crippen LogP contribution is 2.39. The molecule has 6 aromatic carbocycles. The molecule has 39 heavy (non-hydrogen) atoms. The fraction of sp³-hybridized carbons (Fsp3) is 0. The second kappa shape index (κ2) is 9.86. The van der Waals surface area contributed by atoms with Crippen LogP contribution in [0.4, 0.5) is 21.5 Å². The van der Waals surface area contributed by atoms with Crippen LogP contribution >= 0.6 is 11.3 Å². The summed E-state index contributed by atoms with van der Waals surface area (Å²) in [6, 6.07) is 49.9. The summed E-state index contributed by atoms with van der Waals surface area (Å²) in [5.41, 5.74) is 8.01. The van der Waals surface area contributed by atoms with Crippen LogP contribution < -0.4 is 4.90 Å². The Morgan fingerprint density at radius 2 is 0.872 bits per heavy atom. The van der Waals surface area contributed by atoms with Crippen molar-refractivity contribution < 1.29 is 4.39 Å². The Kier molecular flexibility index (Phi) is 5.92. The number of benzene rings is 6. The molecule has 1 nitrogen and oxygen atoms in total. The van der Waals surface area contributed by atoms with Crippen molar-refractivity contribution in [1.29, 1.82) is 0 Å². The molecule has 0 unspecified atom stereocenters. The molecule has 0 bridgehead atoms. The molecule has 0 aliphatic carbocycles. The van der Waals surface area contributed by atoms with Gasteiger partial charge in [0.1, 0.15) is 5.82 Å². The van der Waals surface area contributed by atoms with Crippen molar-refractivity contribution in [3.8, 4) is 22.3 Å². The van der Waals surface area contributed by atoms with Crippen LogP contribution in [0, 0.1) is 5.82 Å². The Hall–Kier alpha value is -4.73. The molecule has 3 heteroatoms. The van der Waals surface area contributed by atoms with Gasteiger partial charge in [0.15, 0.2) is 0 Å². The summed E-state index contributed by atoms with van der Waals surface area (Å²) in [6.07, 6.45) is 0. The Bertz CT molecular complexity index is 1890. The van der Waals surface area contributed by atoms with Crippen LogP contribution in [0.1, 0.15) is 0 Å². The van der Waals surface area contributed by atoms with Crippen LogP contribution in [0.25, 0.3) is 42.4 Å². The Labute approximate surface area is 231 Å². The quantitative estimate of drug-likeness (QED) is 0.218. The van der Waals surface area contributed by atoms with Gasteiger partial charge >= 0.3 is 0 Å². The zero-order valence-electron chi connectivity index (χ0n) is 21.1. The maximum Gasteiger partial charge on any atom is 0.124 e. The van der Waals surface area contributed by atoms with Crippen LogP contribution in [0.2, 0.25) is 0 Å². The van der Waals surface area contributed by atoms with E-state index in [9.17, 15) is 4.39 Å².